The molecule has 0 aliphatic heterocycles. The fourth-order valence-corrected chi connectivity index (χ4v) is 1.73. The molecule has 1 aromatic carbocycles. The summed E-state index contributed by atoms with van der Waals surface area (Å²) in [6, 6.07) is 3.08. The molecule has 2 aromatic rings. The zero-order valence-electron chi connectivity index (χ0n) is 12.4. The number of nitrogens with one attached hydrogen (secondary N) is 1. The highest BCUT2D eigenvalue weighted by atomic mass is 19.2. The lowest BCUT2D eigenvalue weighted by Crippen LogP contribution is -2.36. The van der Waals surface area contributed by atoms with Crippen molar-refractivity contribution in [3.8, 4) is 5.75 Å². The van der Waals surface area contributed by atoms with Crippen LogP contribution in [0.5, 0.6) is 5.75 Å². The minimum atomic E-state index is -1.03. The van der Waals surface area contributed by atoms with E-state index in [9.17, 15) is 13.6 Å². The number of hydrogen-bond donors (Lipinski definition) is 1. The van der Waals surface area contributed by atoms with Crippen LogP contribution in [-0.4, -0.2) is 17.0 Å². The summed E-state index contributed by atoms with van der Waals surface area (Å²) in [6.45, 7) is 5.21. The zero-order valence-corrected chi connectivity index (χ0v) is 12.4. The van der Waals surface area contributed by atoms with Gasteiger partial charge in [0.2, 0.25) is 5.89 Å². The molecule has 1 aromatic heterocycles. The molecule has 0 saturated carbocycles. The maximum atomic E-state index is 13.1. The average Bonchev–Trinajstić information content (AvgIpc) is 2.79. The normalized spacial score (nSPS) is 12.0. The van der Waals surface area contributed by atoms with Crippen molar-refractivity contribution in [2.75, 3.05) is 0 Å². The minimum Gasteiger partial charge on any atom is -0.481 e. The van der Waals surface area contributed by atoms with Gasteiger partial charge in [-0.3, -0.25) is 4.79 Å². The smallest absolute Gasteiger partial charge is 0.261 e. The van der Waals surface area contributed by atoms with Crippen LogP contribution in [0.25, 0.3) is 0 Å². The van der Waals surface area contributed by atoms with Crippen LogP contribution < -0.4 is 10.1 Å². The molecular weight excluding hydrogens is 294 g/mol. The molecule has 118 valence electrons. The third-order valence-electron chi connectivity index (χ3n) is 3.06. The Balaban J connectivity index is 1.90. The van der Waals surface area contributed by atoms with Gasteiger partial charge in [-0.25, -0.2) is 13.8 Å². The summed E-state index contributed by atoms with van der Waals surface area (Å²) in [7, 11) is 0. The standard InChI is InChI=1S/C15H16F2N2O3/c1-8-9(2)22-14(19-8)7-18-15(20)10(3)21-11-4-5-12(16)13(17)6-11/h4-6,10H,7H2,1-3H3,(H,18,20). The molecule has 7 heteroatoms. The highest BCUT2D eigenvalue weighted by Gasteiger charge is 2.16. The van der Waals surface area contributed by atoms with E-state index in [0.29, 0.717) is 11.7 Å². The third kappa shape index (κ3) is 3.81. The van der Waals surface area contributed by atoms with Gasteiger partial charge >= 0.3 is 0 Å². The second-order valence-electron chi connectivity index (χ2n) is 4.80. The number of oxazole rings is 1. The van der Waals surface area contributed by atoms with Gasteiger partial charge in [-0.1, -0.05) is 0 Å². The minimum absolute atomic E-state index is 0.0735. The maximum absolute atomic E-state index is 13.1. The Labute approximate surface area is 126 Å². The molecule has 0 aliphatic carbocycles. The molecule has 0 aliphatic rings. The van der Waals surface area contributed by atoms with E-state index < -0.39 is 23.6 Å². The average molecular weight is 310 g/mol. The van der Waals surface area contributed by atoms with Gasteiger partial charge < -0.3 is 14.5 Å². The summed E-state index contributed by atoms with van der Waals surface area (Å²) < 4.78 is 36.5. The van der Waals surface area contributed by atoms with E-state index in [1.807, 2.05) is 0 Å². The number of carbonyl (C=O) groups excluding carboxylic acids is 1. The first-order valence-electron chi connectivity index (χ1n) is 6.69. The summed E-state index contributed by atoms with van der Waals surface area (Å²) in [5, 5.41) is 2.60. The van der Waals surface area contributed by atoms with Gasteiger partial charge in [-0.2, -0.15) is 0 Å². The molecule has 1 unspecified atom stereocenters. The highest BCUT2D eigenvalue weighted by molar-refractivity contribution is 5.80. The summed E-state index contributed by atoms with van der Waals surface area (Å²) in [4.78, 5) is 16.0. The van der Waals surface area contributed by atoms with E-state index >= 15 is 0 Å². The van der Waals surface area contributed by atoms with E-state index in [4.69, 9.17) is 9.15 Å². The predicted molar refractivity (Wildman–Crippen MR) is 74.3 cm³/mol. The first kappa shape index (κ1) is 15.9. The van der Waals surface area contributed by atoms with Gasteiger partial charge in [0.15, 0.2) is 17.7 Å². The topological polar surface area (TPSA) is 64.4 Å². The van der Waals surface area contributed by atoms with E-state index in [1.54, 1.807) is 13.8 Å². The lowest BCUT2D eigenvalue weighted by atomic mass is 10.3. The Hall–Kier alpha value is -2.44. The number of halogens is 2. The molecule has 22 heavy (non-hydrogen) atoms. The number of aromatic nitrogens is 1. The molecule has 1 atom stereocenters. The molecule has 5 nitrogen and oxygen atoms in total. The van der Waals surface area contributed by atoms with Crippen LogP contribution in [0.2, 0.25) is 0 Å². The van der Waals surface area contributed by atoms with Crippen molar-refractivity contribution in [2.24, 2.45) is 0 Å². The van der Waals surface area contributed by atoms with Gasteiger partial charge in [-0.05, 0) is 32.9 Å². The fourth-order valence-electron chi connectivity index (χ4n) is 1.73. The Kier molecular flexibility index (Phi) is 4.75. The number of nitrogens with zero attached hydrogens (tertiary/aromatic N) is 1. The highest BCUT2D eigenvalue weighted by Crippen LogP contribution is 2.17. The van der Waals surface area contributed by atoms with E-state index in [2.05, 4.69) is 10.3 Å². The molecule has 0 spiro atoms. The number of rotatable bonds is 5. The van der Waals surface area contributed by atoms with E-state index in [1.165, 1.54) is 13.0 Å². The molecule has 1 amide bonds. The lowest BCUT2D eigenvalue weighted by molar-refractivity contribution is -0.127. The monoisotopic (exact) mass is 310 g/mol. The van der Waals surface area contributed by atoms with Crippen LogP contribution >= 0.6 is 0 Å². The molecule has 1 heterocycles. The van der Waals surface area contributed by atoms with Crippen LogP contribution in [0.15, 0.2) is 22.6 Å². The molecule has 2 rings (SSSR count). The van der Waals surface area contributed by atoms with Gasteiger partial charge in [-0.15, -0.1) is 0 Å². The molecule has 0 saturated heterocycles. The largest absolute Gasteiger partial charge is 0.481 e. The van der Waals surface area contributed by atoms with E-state index in [-0.39, 0.29) is 12.3 Å². The van der Waals surface area contributed by atoms with Crippen LogP contribution in [0.4, 0.5) is 8.78 Å². The first-order chi connectivity index (χ1) is 10.4. The van der Waals surface area contributed by atoms with E-state index in [0.717, 1.165) is 17.8 Å². The van der Waals surface area contributed by atoms with Crippen molar-refractivity contribution in [3.63, 3.8) is 0 Å². The lowest BCUT2D eigenvalue weighted by Gasteiger charge is -2.14. The summed E-state index contributed by atoms with van der Waals surface area (Å²) >= 11 is 0. The van der Waals surface area contributed by atoms with Crippen molar-refractivity contribution >= 4 is 5.91 Å². The zero-order chi connectivity index (χ0) is 16.3. The van der Waals surface area contributed by atoms with Crippen LogP contribution in [0, 0.1) is 25.5 Å². The van der Waals surface area contributed by atoms with Crippen LogP contribution in [-0.2, 0) is 11.3 Å². The maximum Gasteiger partial charge on any atom is 0.261 e. The number of carbonyl (C=O) groups is 1. The molecule has 0 radical (unpaired) electrons. The molecule has 1 N–H and O–H groups in total. The van der Waals surface area contributed by atoms with Crippen molar-refractivity contribution in [3.05, 3.63) is 47.2 Å². The summed E-state index contributed by atoms with van der Waals surface area (Å²) in [6.07, 6.45) is -0.873. The first-order valence-corrected chi connectivity index (χ1v) is 6.69. The Bertz CT molecular complexity index is 666. The van der Waals surface area contributed by atoms with Crippen LogP contribution in [0.1, 0.15) is 24.3 Å². The SMILES string of the molecule is Cc1nc(CNC(=O)C(C)Oc2ccc(F)c(F)c2)oc1C. The van der Waals surface area contributed by atoms with Gasteiger partial charge in [0.05, 0.1) is 12.2 Å². The van der Waals surface area contributed by atoms with Gasteiger partial charge in [0, 0.05) is 6.07 Å². The summed E-state index contributed by atoms with van der Waals surface area (Å²) in [5.41, 5.74) is 0.760. The molecule has 0 fully saturated rings. The summed E-state index contributed by atoms with van der Waals surface area (Å²) in [5.74, 6) is -1.27. The Morgan fingerprint density at radius 3 is 2.68 bits per heavy atom. The second kappa shape index (κ2) is 6.55. The third-order valence-corrected chi connectivity index (χ3v) is 3.06. The number of amides is 1. The number of ether oxygens (including phenoxy) is 1. The second-order valence-corrected chi connectivity index (χ2v) is 4.80. The Morgan fingerprint density at radius 2 is 2.09 bits per heavy atom. The number of hydrogen-bond acceptors (Lipinski definition) is 4. The fraction of sp³-hybridized carbons (Fsp3) is 0.333. The number of aryl methyl sites for hydroxylation is 2. The number of benzene rings is 1. The predicted octanol–water partition coefficient (Wildman–Crippen LogP) is 2.65. The quantitative estimate of drug-likeness (QED) is 0.922. The van der Waals surface area contributed by atoms with Crippen molar-refractivity contribution in [1.29, 1.82) is 0 Å². The molecular formula is C15H16F2N2O3. The Morgan fingerprint density at radius 1 is 1.36 bits per heavy atom. The van der Waals surface area contributed by atoms with Gasteiger partial charge in [0.1, 0.15) is 11.5 Å². The van der Waals surface area contributed by atoms with Gasteiger partial charge in [0.25, 0.3) is 5.91 Å². The van der Waals surface area contributed by atoms with Crippen LogP contribution in [0.3, 0.4) is 0 Å². The molecule has 0 bridgehead atoms. The van der Waals surface area contributed by atoms with Crippen molar-refractivity contribution < 1.29 is 22.7 Å². The van der Waals surface area contributed by atoms with Crippen molar-refractivity contribution in [2.45, 2.75) is 33.4 Å². The van der Waals surface area contributed by atoms with Crippen molar-refractivity contribution in [1.82, 2.24) is 10.3 Å².